The van der Waals surface area contributed by atoms with E-state index in [1.807, 2.05) is 28.7 Å². The Morgan fingerprint density at radius 2 is 2.25 bits per heavy atom. The second kappa shape index (κ2) is 5.21. The Labute approximate surface area is 109 Å². The third-order valence-electron chi connectivity index (χ3n) is 2.87. The highest BCUT2D eigenvalue weighted by atomic mass is 127. The first-order valence-electron chi connectivity index (χ1n) is 5.70. The highest BCUT2D eigenvalue weighted by Gasteiger charge is 2.16. The molecule has 1 aliphatic heterocycles. The first kappa shape index (κ1) is 12.0. The van der Waals surface area contributed by atoms with E-state index in [-0.39, 0.29) is 5.82 Å². The summed E-state index contributed by atoms with van der Waals surface area (Å²) in [5.74, 6) is -0.147. The van der Waals surface area contributed by atoms with Crippen molar-refractivity contribution in [2.24, 2.45) is 0 Å². The van der Waals surface area contributed by atoms with Crippen LogP contribution >= 0.6 is 22.6 Å². The smallest absolute Gasteiger partial charge is 0.138 e. The molecule has 1 unspecified atom stereocenters. The lowest BCUT2D eigenvalue weighted by molar-refractivity contribution is 0.610. The molecule has 4 heteroatoms. The third kappa shape index (κ3) is 2.59. The molecule has 0 bridgehead atoms. The summed E-state index contributed by atoms with van der Waals surface area (Å²) >= 11 is 2.02. The average Bonchev–Trinajstić information content (AvgIpc) is 2.42. The van der Waals surface area contributed by atoms with E-state index in [0.29, 0.717) is 9.61 Å². The molecule has 0 saturated carbocycles. The van der Waals surface area contributed by atoms with Crippen LogP contribution in [0.2, 0.25) is 0 Å². The van der Waals surface area contributed by atoms with Gasteiger partial charge in [-0.2, -0.15) is 0 Å². The van der Waals surface area contributed by atoms with Crippen molar-refractivity contribution in [2.75, 3.05) is 17.2 Å². The lowest BCUT2D eigenvalue weighted by Crippen LogP contribution is -2.19. The number of fused-ring (bicyclic) bond motifs is 1. The third-order valence-corrected chi connectivity index (χ3v) is 3.69. The molecule has 1 aromatic carbocycles. The quantitative estimate of drug-likeness (QED) is 0.804. The van der Waals surface area contributed by atoms with Crippen LogP contribution in [0, 0.1) is 9.39 Å². The Morgan fingerprint density at radius 3 is 3.00 bits per heavy atom. The van der Waals surface area contributed by atoms with Crippen molar-refractivity contribution >= 4 is 34.0 Å². The topological polar surface area (TPSA) is 24.1 Å². The van der Waals surface area contributed by atoms with Gasteiger partial charge in [0.15, 0.2) is 0 Å². The number of rotatable bonds is 2. The lowest BCUT2D eigenvalue weighted by Gasteiger charge is -2.16. The molecular weight excluding hydrogens is 318 g/mol. The molecule has 2 N–H and O–H groups in total. The molecular formula is C12H16FIN2. The Morgan fingerprint density at radius 1 is 1.44 bits per heavy atom. The van der Waals surface area contributed by atoms with Gasteiger partial charge in [-0.3, -0.25) is 0 Å². The fourth-order valence-corrected chi connectivity index (χ4v) is 2.52. The molecule has 0 amide bonds. The predicted molar refractivity (Wildman–Crippen MR) is 74.5 cm³/mol. The van der Waals surface area contributed by atoms with Gasteiger partial charge < -0.3 is 10.6 Å². The Balaban J connectivity index is 2.25. The zero-order valence-electron chi connectivity index (χ0n) is 9.32. The normalized spacial score (nSPS) is 19.3. The summed E-state index contributed by atoms with van der Waals surface area (Å²) in [6, 6.07) is 3.92. The molecule has 0 aliphatic carbocycles. The van der Waals surface area contributed by atoms with Crippen molar-refractivity contribution < 1.29 is 4.39 Å². The van der Waals surface area contributed by atoms with Crippen LogP contribution in [0.1, 0.15) is 26.2 Å². The van der Waals surface area contributed by atoms with Gasteiger partial charge in [-0.05, 0) is 41.5 Å². The molecule has 2 rings (SSSR count). The molecule has 1 aliphatic rings. The molecule has 0 spiro atoms. The van der Waals surface area contributed by atoms with Gasteiger partial charge in [-0.25, -0.2) is 4.39 Å². The van der Waals surface area contributed by atoms with Crippen LogP contribution in [0.5, 0.6) is 0 Å². The van der Waals surface area contributed by atoms with Crippen molar-refractivity contribution in [1.29, 1.82) is 0 Å². The van der Waals surface area contributed by atoms with Crippen LogP contribution in [-0.4, -0.2) is 12.6 Å². The maximum Gasteiger partial charge on any atom is 0.138 e. The van der Waals surface area contributed by atoms with E-state index in [1.165, 1.54) is 0 Å². The molecule has 2 nitrogen and oxygen atoms in total. The van der Waals surface area contributed by atoms with Crippen molar-refractivity contribution in [3.05, 3.63) is 21.5 Å². The molecule has 0 fully saturated rings. The van der Waals surface area contributed by atoms with Gasteiger partial charge in [0.05, 0.1) is 14.9 Å². The van der Waals surface area contributed by atoms with E-state index in [2.05, 4.69) is 17.6 Å². The lowest BCUT2D eigenvalue weighted by atomic mass is 10.1. The SMILES string of the molecule is CCCC1CCNc2cc(I)c(F)cc2N1. The van der Waals surface area contributed by atoms with Crippen molar-refractivity contribution in [2.45, 2.75) is 32.2 Å². The van der Waals surface area contributed by atoms with Crippen molar-refractivity contribution in [3.8, 4) is 0 Å². The van der Waals surface area contributed by atoms with Crippen LogP contribution in [0.3, 0.4) is 0 Å². The first-order chi connectivity index (χ1) is 7.70. The molecule has 1 heterocycles. The summed E-state index contributed by atoms with van der Waals surface area (Å²) in [4.78, 5) is 0. The van der Waals surface area contributed by atoms with E-state index in [4.69, 9.17) is 0 Å². The Kier molecular flexibility index (Phi) is 3.89. The minimum absolute atomic E-state index is 0.147. The van der Waals surface area contributed by atoms with Gasteiger partial charge in [0.1, 0.15) is 5.82 Å². The fraction of sp³-hybridized carbons (Fsp3) is 0.500. The van der Waals surface area contributed by atoms with Crippen molar-refractivity contribution in [3.63, 3.8) is 0 Å². The van der Waals surface area contributed by atoms with Crippen molar-refractivity contribution in [1.82, 2.24) is 0 Å². The highest BCUT2D eigenvalue weighted by molar-refractivity contribution is 14.1. The molecule has 1 atom stereocenters. The Bertz CT molecular complexity index is 382. The zero-order valence-corrected chi connectivity index (χ0v) is 11.5. The summed E-state index contributed by atoms with van der Waals surface area (Å²) in [5.41, 5.74) is 1.92. The van der Waals surface area contributed by atoms with Crippen LogP contribution in [0.15, 0.2) is 12.1 Å². The standard InChI is InChI=1S/C12H16FIN2/c1-2-3-8-4-5-15-11-7-10(14)9(13)6-12(11)16-8/h6-8,15-16H,2-5H2,1H3. The summed E-state index contributed by atoms with van der Waals surface area (Å²) in [5, 5.41) is 6.77. The summed E-state index contributed by atoms with van der Waals surface area (Å²) in [6.07, 6.45) is 3.37. The number of hydrogen-bond donors (Lipinski definition) is 2. The minimum atomic E-state index is -0.147. The number of hydrogen-bond acceptors (Lipinski definition) is 2. The maximum atomic E-state index is 13.5. The maximum absolute atomic E-state index is 13.5. The number of anilines is 2. The second-order valence-electron chi connectivity index (χ2n) is 4.16. The molecule has 0 saturated heterocycles. The van der Waals surface area contributed by atoms with E-state index < -0.39 is 0 Å². The molecule has 0 radical (unpaired) electrons. The van der Waals surface area contributed by atoms with Gasteiger partial charge in [0.2, 0.25) is 0 Å². The predicted octanol–water partition coefficient (Wildman–Crippen LogP) is 3.83. The first-order valence-corrected chi connectivity index (χ1v) is 6.78. The van der Waals surface area contributed by atoms with E-state index in [1.54, 1.807) is 6.07 Å². The van der Waals surface area contributed by atoms with E-state index in [9.17, 15) is 4.39 Å². The highest BCUT2D eigenvalue weighted by Crippen LogP contribution is 2.30. The number of nitrogens with one attached hydrogen (secondary N) is 2. The molecule has 16 heavy (non-hydrogen) atoms. The van der Waals surface area contributed by atoms with Crippen LogP contribution in [0.25, 0.3) is 0 Å². The summed E-state index contributed by atoms with van der Waals surface area (Å²) < 4.78 is 14.1. The molecule has 88 valence electrons. The van der Waals surface area contributed by atoms with Gasteiger partial charge in [-0.1, -0.05) is 13.3 Å². The van der Waals surface area contributed by atoms with Crippen LogP contribution in [0.4, 0.5) is 15.8 Å². The summed E-state index contributed by atoms with van der Waals surface area (Å²) in [7, 11) is 0. The molecule has 1 aromatic rings. The largest absolute Gasteiger partial charge is 0.383 e. The van der Waals surface area contributed by atoms with E-state index in [0.717, 1.165) is 37.2 Å². The Hall–Kier alpha value is -0.520. The van der Waals surface area contributed by atoms with Gasteiger partial charge in [0.25, 0.3) is 0 Å². The second-order valence-corrected chi connectivity index (χ2v) is 5.32. The number of benzene rings is 1. The molecule has 0 aromatic heterocycles. The fourth-order valence-electron chi connectivity index (χ4n) is 2.05. The van der Waals surface area contributed by atoms with Crippen LogP contribution < -0.4 is 10.6 Å². The monoisotopic (exact) mass is 334 g/mol. The van der Waals surface area contributed by atoms with Gasteiger partial charge in [-0.15, -0.1) is 0 Å². The minimum Gasteiger partial charge on any atom is -0.383 e. The summed E-state index contributed by atoms with van der Waals surface area (Å²) in [6.45, 7) is 3.13. The van der Waals surface area contributed by atoms with Crippen LogP contribution in [-0.2, 0) is 0 Å². The average molecular weight is 334 g/mol. The number of halogens is 2. The van der Waals surface area contributed by atoms with E-state index >= 15 is 0 Å². The zero-order chi connectivity index (χ0) is 11.5. The van der Waals surface area contributed by atoms with Gasteiger partial charge in [0, 0.05) is 18.7 Å². The van der Waals surface area contributed by atoms with Gasteiger partial charge >= 0.3 is 0 Å².